The van der Waals surface area contributed by atoms with E-state index in [4.69, 9.17) is 14.5 Å². The molecular weight excluding hydrogens is 260 g/mol. The Balaban J connectivity index is 1.81. The first kappa shape index (κ1) is 13.5. The van der Waals surface area contributed by atoms with Crippen molar-refractivity contribution in [1.29, 1.82) is 0 Å². The van der Waals surface area contributed by atoms with Crippen molar-refractivity contribution >= 4 is 11.3 Å². The third-order valence-electron chi connectivity index (χ3n) is 4.05. The standard InChI is InChI=1S/C14H22N2O2S/c1-2-18-14(5-8-17-9-6-14)13-16-12(10-19-13)11-4-3-7-15-11/h10-11,15H,2-9H2,1H3. The van der Waals surface area contributed by atoms with Crippen LogP contribution >= 0.6 is 11.3 Å². The molecule has 3 heterocycles. The second-order valence-corrected chi connectivity index (χ2v) is 6.12. The van der Waals surface area contributed by atoms with Gasteiger partial charge in [0.1, 0.15) is 10.6 Å². The summed E-state index contributed by atoms with van der Waals surface area (Å²) in [5.41, 5.74) is 0.997. The summed E-state index contributed by atoms with van der Waals surface area (Å²) >= 11 is 1.75. The highest BCUT2D eigenvalue weighted by atomic mass is 32.1. The Kier molecular flexibility index (Phi) is 4.17. The van der Waals surface area contributed by atoms with Crippen LogP contribution in [0.25, 0.3) is 0 Å². The molecule has 4 nitrogen and oxygen atoms in total. The van der Waals surface area contributed by atoms with Crippen LogP contribution in [0, 0.1) is 0 Å². The lowest BCUT2D eigenvalue weighted by Crippen LogP contribution is -2.36. The minimum atomic E-state index is -0.200. The number of nitrogens with one attached hydrogen (secondary N) is 1. The highest BCUT2D eigenvalue weighted by Crippen LogP contribution is 2.39. The summed E-state index contributed by atoms with van der Waals surface area (Å²) in [4.78, 5) is 4.88. The monoisotopic (exact) mass is 282 g/mol. The minimum absolute atomic E-state index is 0.200. The van der Waals surface area contributed by atoms with Gasteiger partial charge < -0.3 is 14.8 Å². The zero-order valence-electron chi connectivity index (χ0n) is 11.5. The SMILES string of the molecule is CCOC1(c2nc(C3CCCN3)cs2)CCOCC1. The molecule has 19 heavy (non-hydrogen) atoms. The lowest BCUT2D eigenvalue weighted by Gasteiger charge is -2.35. The quantitative estimate of drug-likeness (QED) is 0.922. The zero-order valence-corrected chi connectivity index (χ0v) is 12.3. The average Bonchev–Trinajstić information content (AvgIpc) is 3.11. The summed E-state index contributed by atoms with van der Waals surface area (Å²) < 4.78 is 11.6. The van der Waals surface area contributed by atoms with Gasteiger partial charge in [0.25, 0.3) is 0 Å². The number of ether oxygens (including phenoxy) is 2. The summed E-state index contributed by atoms with van der Waals surface area (Å²) in [5.74, 6) is 0. The maximum Gasteiger partial charge on any atom is 0.125 e. The van der Waals surface area contributed by atoms with Crippen LogP contribution in [0.3, 0.4) is 0 Å². The van der Waals surface area contributed by atoms with Gasteiger partial charge in [-0.3, -0.25) is 0 Å². The fourth-order valence-electron chi connectivity index (χ4n) is 2.99. The average molecular weight is 282 g/mol. The molecule has 0 aromatic carbocycles. The molecule has 5 heteroatoms. The van der Waals surface area contributed by atoms with Gasteiger partial charge in [-0.1, -0.05) is 0 Å². The maximum atomic E-state index is 6.08. The summed E-state index contributed by atoms with van der Waals surface area (Å²) in [6.45, 7) is 5.45. The summed E-state index contributed by atoms with van der Waals surface area (Å²) in [6, 6.07) is 0.448. The van der Waals surface area contributed by atoms with Crippen molar-refractivity contribution in [2.24, 2.45) is 0 Å². The molecule has 0 amide bonds. The van der Waals surface area contributed by atoms with Crippen LogP contribution in [0.15, 0.2) is 5.38 Å². The van der Waals surface area contributed by atoms with E-state index >= 15 is 0 Å². The van der Waals surface area contributed by atoms with E-state index in [0.717, 1.165) is 44.2 Å². The van der Waals surface area contributed by atoms with Crippen molar-refractivity contribution in [3.63, 3.8) is 0 Å². The Bertz CT molecular complexity index is 404. The lowest BCUT2D eigenvalue weighted by molar-refractivity contribution is -0.112. The Morgan fingerprint density at radius 2 is 2.37 bits per heavy atom. The highest BCUT2D eigenvalue weighted by Gasteiger charge is 2.38. The fraction of sp³-hybridized carbons (Fsp3) is 0.786. The summed E-state index contributed by atoms with van der Waals surface area (Å²) in [7, 11) is 0. The third-order valence-corrected chi connectivity index (χ3v) is 5.10. The van der Waals surface area contributed by atoms with Gasteiger partial charge >= 0.3 is 0 Å². The molecule has 2 fully saturated rings. The van der Waals surface area contributed by atoms with Gasteiger partial charge in [0.05, 0.1) is 11.7 Å². The number of thiazole rings is 1. The molecule has 1 atom stereocenters. The van der Waals surface area contributed by atoms with Gasteiger partial charge in [0.15, 0.2) is 0 Å². The van der Waals surface area contributed by atoms with Gasteiger partial charge in [-0.2, -0.15) is 0 Å². The van der Waals surface area contributed by atoms with Gasteiger partial charge in [-0.25, -0.2) is 4.98 Å². The minimum Gasteiger partial charge on any atom is -0.381 e. The van der Waals surface area contributed by atoms with Crippen molar-refractivity contribution in [2.75, 3.05) is 26.4 Å². The molecule has 1 unspecified atom stereocenters. The van der Waals surface area contributed by atoms with Crippen LogP contribution in [0.2, 0.25) is 0 Å². The van der Waals surface area contributed by atoms with Gasteiger partial charge in [-0.15, -0.1) is 11.3 Å². The number of hydrogen-bond acceptors (Lipinski definition) is 5. The first-order chi connectivity index (χ1) is 9.34. The molecule has 2 saturated heterocycles. The predicted molar refractivity (Wildman–Crippen MR) is 75.4 cm³/mol. The lowest BCUT2D eigenvalue weighted by atomic mass is 9.94. The van der Waals surface area contributed by atoms with E-state index < -0.39 is 0 Å². The van der Waals surface area contributed by atoms with E-state index in [0.29, 0.717) is 6.04 Å². The summed E-state index contributed by atoms with van der Waals surface area (Å²) in [5, 5.41) is 6.86. The van der Waals surface area contributed by atoms with Crippen molar-refractivity contribution in [3.8, 4) is 0 Å². The van der Waals surface area contributed by atoms with E-state index in [9.17, 15) is 0 Å². The normalized spacial score (nSPS) is 26.7. The van der Waals surface area contributed by atoms with Crippen LogP contribution in [-0.4, -0.2) is 31.3 Å². The molecule has 0 spiro atoms. The van der Waals surface area contributed by atoms with E-state index in [1.165, 1.54) is 18.5 Å². The maximum absolute atomic E-state index is 6.08. The smallest absolute Gasteiger partial charge is 0.125 e. The first-order valence-electron chi connectivity index (χ1n) is 7.25. The molecule has 3 rings (SSSR count). The Morgan fingerprint density at radius 3 is 3.05 bits per heavy atom. The van der Waals surface area contributed by atoms with Crippen molar-refractivity contribution in [2.45, 2.75) is 44.2 Å². The molecule has 106 valence electrons. The van der Waals surface area contributed by atoms with Crippen LogP contribution in [0.1, 0.15) is 49.4 Å². The third kappa shape index (κ3) is 2.70. The second kappa shape index (κ2) is 5.87. The number of nitrogens with zero attached hydrogens (tertiary/aromatic N) is 1. The van der Waals surface area contributed by atoms with E-state index in [-0.39, 0.29) is 5.60 Å². The second-order valence-electron chi connectivity index (χ2n) is 5.27. The molecule has 0 bridgehead atoms. The Hall–Kier alpha value is -0.490. The van der Waals surface area contributed by atoms with Gasteiger partial charge in [0.2, 0.25) is 0 Å². The predicted octanol–water partition coefficient (Wildman–Crippen LogP) is 2.61. The van der Waals surface area contributed by atoms with E-state index in [2.05, 4.69) is 17.6 Å². The molecule has 1 aromatic heterocycles. The highest BCUT2D eigenvalue weighted by molar-refractivity contribution is 7.09. The molecule has 2 aliphatic rings. The van der Waals surface area contributed by atoms with Crippen molar-refractivity contribution in [3.05, 3.63) is 16.1 Å². The molecule has 0 saturated carbocycles. The zero-order chi connectivity index (χ0) is 13.1. The number of rotatable bonds is 4. The van der Waals surface area contributed by atoms with E-state index in [1.54, 1.807) is 11.3 Å². The number of aromatic nitrogens is 1. The van der Waals surface area contributed by atoms with Crippen molar-refractivity contribution in [1.82, 2.24) is 10.3 Å². The van der Waals surface area contributed by atoms with Crippen LogP contribution < -0.4 is 5.32 Å². The Labute approximate surface area is 118 Å². The van der Waals surface area contributed by atoms with Crippen LogP contribution in [0.5, 0.6) is 0 Å². The topological polar surface area (TPSA) is 43.4 Å². The first-order valence-corrected chi connectivity index (χ1v) is 8.13. The van der Waals surface area contributed by atoms with E-state index in [1.807, 2.05) is 0 Å². The van der Waals surface area contributed by atoms with Gasteiger partial charge in [0, 0.05) is 38.0 Å². The largest absolute Gasteiger partial charge is 0.381 e. The van der Waals surface area contributed by atoms with Crippen LogP contribution in [-0.2, 0) is 15.1 Å². The molecule has 1 N–H and O–H groups in total. The van der Waals surface area contributed by atoms with Gasteiger partial charge in [-0.05, 0) is 26.3 Å². The molecule has 0 aliphatic carbocycles. The molecular formula is C14H22N2O2S. The Morgan fingerprint density at radius 1 is 1.53 bits per heavy atom. The fourth-order valence-corrected chi connectivity index (χ4v) is 4.08. The molecule has 2 aliphatic heterocycles. The molecule has 0 radical (unpaired) electrons. The molecule has 1 aromatic rings. The summed E-state index contributed by atoms with van der Waals surface area (Å²) in [6.07, 6.45) is 4.30. The van der Waals surface area contributed by atoms with Crippen LogP contribution in [0.4, 0.5) is 0 Å². The van der Waals surface area contributed by atoms with Crippen molar-refractivity contribution < 1.29 is 9.47 Å². The number of hydrogen-bond donors (Lipinski definition) is 1.